The van der Waals surface area contributed by atoms with Crippen molar-refractivity contribution >= 4 is 5.91 Å². The van der Waals surface area contributed by atoms with Gasteiger partial charge in [0.2, 0.25) is 0 Å². The summed E-state index contributed by atoms with van der Waals surface area (Å²) in [5.41, 5.74) is 2.64. The van der Waals surface area contributed by atoms with Crippen LogP contribution in [0.2, 0.25) is 0 Å². The first kappa shape index (κ1) is 16.7. The monoisotopic (exact) mass is 328 g/mol. The van der Waals surface area contributed by atoms with Crippen molar-refractivity contribution in [2.75, 3.05) is 20.2 Å². The highest BCUT2D eigenvalue weighted by molar-refractivity contribution is 5.92. The van der Waals surface area contributed by atoms with E-state index in [4.69, 9.17) is 4.74 Å². The third-order valence-electron chi connectivity index (χ3n) is 4.27. The van der Waals surface area contributed by atoms with Gasteiger partial charge >= 0.3 is 0 Å². The van der Waals surface area contributed by atoms with Crippen LogP contribution in [0.5, 0.6) is 0 Å². The molecule has 2 aromatic rings. The molecule has 1 fully saturated rings. The number of carbonyl (C=O) groups excluding carboxylic acids is 1. The van der Waals surface area contributed by atoms with E-state index in [0.29, 0.717) is 24.9 Å². The number of benzene rings is 1. The standard InChI is InChI=1S/C18H24N4O2/c1-24-13-15-6-4-14(5-7-15)11-20-18(23)17-8-10-22(21-17)16-3-2-9-19-12-16/h4-8,10,16,19H,2-3,9,11-13H2,1H3,(H,20,23). The molecular formula is C18H24N4O2. The highest BCUT2D eigenvalue weighted by atomic mass is 16.5. The highest BCUT2D eigenvalue weighted by Crippen LogP contribution is 2.15. The molecule has 1 aliphatic rings. The fourth-order valence-electron chi connectivity index (χ4n) is 2.91. The summed E-state index contributed by atoms with van der Waals surface area (Å²) in [6.45, 7) is 3.06. The molecule has 128 valence electrons. The Hall–Kier alpha value is -2.18. The molecule has 1 saturated heterocycles. The Balaban J connectivity index is 1.54. The Morgan fingerprint density at radius 2 is 2.12 bits per heavy atom. The molecule has 6 heteroatoms. The van der Waals surface area contributed by atoms with Crippen LogP contribution in [0, 0.1) is 0 Å². The zero-order chi connectivity index (χ0) is 16.8. The smallest absolute Gasteiger partial charge is 0.272 e. The maximum absolute atomic E-state index is 12.3. The second-order valence-corrected chi connectivity index (χ2v) is 6.11. The van der Waals surface area contributed by atoms with Crippen LogP contribution in [0.4, 0.5) is 0 Å². The van der Waals surface area contributed by atoms with Gasteiger partial charge in [-0.2, -0.15) is 5.10 Å². The normalized spacial score (nSPS) is 17.6. The molecule has 0 aliphatic carbocycles. The molecule has 6 nitrogen and oxygen atoms in total. The van der Waals surface area contributed by atoms with Crippen LogP contribution in [0.1, 0.15) is 40.5 Å². The number of amides is 1. The second kappa shape index (κ2) is 8.08. The number of methoxy groups -OCH3 is 1. The van der Waals surface area contributed by atoms with Crippen molar-refractivity contribution in [2.45, 2.75) is 32.0 Å². The molecule has 1 aromatic heterocycles. The van der Waals surface area contributed by atoms with Crippen molar-refractivity contribution in [1.29, 1.82) is 0 Å². The van der Waals surface area contributed by atoms with Crippen molar-refractivity contribution in [2.24, 2.45) is 0 Å². The lowest BCUT2D eigenvalue weighted by Crippen LogP contribution is -2.32. The molecule has 0 radical (unpaired) electrons. The number of hydrogen-bond donors (Lipinski definition) is 2. The molecule has 2 heterocycles. The Kier molecular flexibility index (Phi) is 5.61. The number of nitrogens with one attached hydrogen (secondary N) is 2. The van der Waals surface area contributed by atoms with Crippen LogP contribution in [0.3, 0.4) is 0 Å². The third-order valence-corrected chi connectivity index (χ3v) is 4.27. The third kappa shape index (κ3) is 4.21. The van der Waals surface area contributed by atoms with E-state index < -0.39 is 0 Å². The predicted octanol–water partition coefficient (Wildman–Crippen LogP) is 1.88. The van der Waals surface area contributed by atoms with Crippen LogP contribution in [-0.2, 0) is 17.9 Å². The average molecular weight is 328 g/mol. The first-order valence-electron chi connectivity index (χ1n) is 8.37. The highest BCUT2D eigenvalue weighted by Gasteiger charge is 2.17. The Labute approximate surface area is 142 Å². The maximum Gasteiger partial charge on any atom is 0.272 e. The van der Waals surface area contributed by atoms with Gasteiger partial charge in [-0.15, -0.1) is 0 Å². The molecule has 1 unspecified atom stereocenters. The van der Waals surface area contributed by atoms with Crippen LogP contribution >= 0.6 is 0 Å². The predicted molar refractivity (Wildman–Crippen MR) is 91.7 cm³/mol. The molecule has 2 N–H and O–H groups in total. The molecule has 1 aromatic carbocycles. The lowest BCUT2D eigenvalue weighted by Gasteiger charge is -2.22. The summed E-state index contributed by atoms with van der Waals surface area (Å²) in [5.74, 6) is -0.140. The van der Waals surface area contributed by atoms with E-state index in [-0.39, 0.29) is 5.91 Å². The van der Waals surface area contributed by atoms with Gasteiger partial charge in [0.05, 0.1) is 12.6 Å². The Morgan fingerprint density at radius 1 is 1.33 bits per heavy atom. The maximum atomic E-state index is 12.3. The van der Waals surface area contributed by atoms with Crippen molar-refractivity contribution < 1.29 is 9.53 Å². The lowest BCUT2D eigenvalue weighted by molar-refractivity contribution is 0.0944. The average Bonchev–Trinajstić information content (AvgIpc) is 3.12. The van der Waals surface area contributed by atoms with Gasteiger partial charge in [0.1, 0.15) is 5.69 Å². The summed E-state index contributed by atoms with van der Waals surface area (Å²) in [7, 11) is 1.68. The Morgan fingerprint density at radius 3 is 2.83 bits per heavy atom. The molecular weight excluding hydrogens is 304 g/mol. The fourth-order valence-corrected chi connectivity index (χ4v) is 2.91. The SMILES string of the molecule is COCc1ccc(CNC(=O)c2ccn(C3CCCNC3)n2)cc1. The number of rotatable bonds is 6. The lowest BCUT2D eigenvalue weighted by atomic mass is 10.1. The number of hydrogen-bond acceptors (Lipinski definition) is 4. The van der Waals surface area contributed by atoms with E-state index in [1.165, 1.54) is 0 Å². The fraction of sp³-hybridized carbons (Fsp3) is 0.444. The van der Waals surface area contributed by atoms with E-state index in [0.717, 1.165) is 37.1 Å². The molecule has 1 atom stereocenters. The van der Waals surface area contributed by atoms with Gasteiger partial charge < -0.3 is 15.4 Å². The van der Waals surface area contributed by atoms with E-state index in [2.05, 4.69) is 15.7 Å². The number of carbonyl (C=O) groups is 1. The summed E-state index contributed by atoms with van der Waals surface area (Å²) in [4.78, 5) is 12.3. The van der Waals surface area contributed by atoms with Crippen molar-refractivity contribution in [3.63, 3.8) is 0 Å². The van der Waals surface area contributed by atoms with Crippen LogP contribution in [0.15, 0.2) is 36.5 Å². The number of nitrogens with zero attached hydrogens (tertiary/aromatic N) is 2. The van der Waals surface area contributed by atoms with Gasteiger partial charge in [0.25, 0.3) is 5.91 Å². The van der Waals surface area contributed by atoms with Gasteiger partial charge in [-0.25, -0.2) is 0 Å². The van der Waals surface area contributed by atoms with Crippen LogP contribution in [0.25, 0.3) is 0 Å². The van der Waals surface area contributed by atoms with Gasteiger partial charge in [-0.1, -0.05) is 24.3 Å². The largest absolute Gasteiger partial charge is 0.380 e. The summed E-state index contributed by atoms with van der Waals surface area (Å²) >= 11 is 0. The second-order valence-electron chi connectivity index (χ2n) is 6.11. The minimum absolute atomic E-state index is 0.140. The molecule has 0 saturated carbocycles. The van der Waals surface area contributed by atoms with Gasteiger partial charge in [0, 0.05) is 26.4 Å². The van der Waals surface area contributed by atoms with E-state index >= 15 is 0 Å². The van der Waals surface area contributed by atoms with Gasteiger partial charge in [-0.3, -0.25) is 9.48 Å². The van der Waals surface area contributed by atoms with E-state index in [1.807, 2.05) is 35.1 Å². The zero-order valence-corrected chi connectivity index (χ0v) is 14.0. The first-order valence-corrected chi connectivity index (χ1v) is 8.37. The van der Waals surface area contributed by atoms with Crippen molar-refractivity contribution in [3.8, 4) is 0 Å². The Bertz CT molecular complexity index is 660. The minimum atomic E-state index is -0.140. The first-order chi connectivity index (χ1) is 11.8. The van der Waals surface area contributed by atoms with E-state index in [1.54, 1.807) is 13.2 Å². The number of aromatic nitrogens is 2. The van der Waals surface area contributed by atoms with Crippen LogP contribution in [-0.4, -0.2) is 35.9 Å². The van der Waals surface area contributed by atoms with Crippen molar-refractivity contribution in [1.82, 2.24) is 20.4 Å². The quantitative estimate of drug-likeness (QED) is 0.850. The van der Waals surface area contributed by atoms with E-state index in [9.17, 15) is 4.79 Å². The number of piperidine rings is 1. The topological polar surface area (TPSA) is 68.2 Å². The molecule has 3 rings (SSSR count). The van der Waals surface area contributed by atoms with Gasteiger partial charge in [0.15, 0.2) is 0 Å². The number of ether oxygens (including phenoxy) is 1. The molecule has 1 amide bonds. The summed E-state index contributed by atoms with van der Waals surface area (Å²) in [5, 5.41) is 10.7. The summed E-state index contributed by atoms with van der Waals surface area (Å²) in [6, 6.07) is 10.1. The molecule has 24 heavy (non-hydrogen) atoms. The molecule has 0 spiro atoms. The molecule has 0 bridgehead atoms. The minimum Gasteiger partial charge on any atom is -0.380 e. The molecule has 1 aliphatic heterocycles. The summed E-state index contributed by atoms with van der Waals surface area (Å²) in [6.07, 6.45) is 4.14. The zero-order valence-electron chi connectivity index (χ0n) is 14.0. The van der Waals surface area contributed by atoms with Gasteiger partial charge in [-0.05, 0) is 36.6 Å². The summed E-state index contributed by atoms with van der Waals surface area (Å²) < 4.78 is 6.99. The van der Waals surface area contributed by atoms with Crippen LogP contribution < -0.4 is 10.6 Å². The van der Waals surface area contributed by atoms with Crippen molar-refractivity contribution in [3.05, 3.63) is 53.3 Å².